The van der Waals surface area contributed by atoms with Gasteiger partial charge in [-0.05, 0) is 31.2 Å². The Balaban J connectivity index is 2.04. The van der Waals surface area contributed by atoms with E-state index in [-0.39, 0.29) is 5.69 Å². The van der Waals surface area contributed by atoms with E-state index < -0.39 is 23.6 Å². The minimum absolute atomic E-state index is 0.115. The number of halogens is 3. The first-order chi connectivity index (χ1) is 9.97. The van der Waals surface area contributed by atoms with Crippen molar-refractivity contribution in [3.63, 3.8) is 0 Å². The maximum Gasteiger partial charge on any atom is 0.265 e. The number of anilines is 1. The molecule has 1 N–H and O–H groups in total. The SMILES string of the molecule is C[C@H](Oc1ccccc1Cl)C(=O)Nc1ccc(F)cc1F. The summed E-state index contributed by atoms with van der Waals surface area (Å²) in [5.74, 6) is -1.79. The van der Waals surface area contributed by atoms with Crippen molar-refractivity contribution in [2.75, 3.05) is 5.32 Å². The van der Waals surface area contributed by atoms with Crippen molar-refractivity contribution < 1.29 is 18.3 Å². The molecule has 0 aromatic heterocycles. The van der Waals surface area contributed by atoms with Crippen molar-refractivity contribution >= 4 is 23.2 Å². The molecule has 3 nitrogen and oxygen atoms in total. The van der Waals surface area contributed by atoms with E-state index in [1.54, 1.807) is 24.3 Å². The zero-order chi connectivity index (χ0) is 15.4. The van der Waals surface area contributed by atoms with Gasteiger partial charge in [0.1, 0.15) is 17.4 Å². The first kappa shape index (κ1) is 15.3. The average molecular weight is 312 g/mol. The van der Waals surface area contributed by atoms with Crippen LogP contribution >= 0.6 is 11.6 Å². The van der Waals surface area contributed by atoms with Crippen LogP contribution in [0.15, 0.2) is 42.5 Å². The molecule has 0 bridgehead atoms. The van der Waals surface area contributed by atoms with Crippen LogP contribution in [0.3, 0.4) is 0 Å². The number of rotatable bonds is 4. The molecule has 1 atom stereocenters. The molecule has 0 saturated heterocycles. The summed E-state index contributed by atoms with van der Waals surface area (Å²) >= 11 is 5.92. The van der Waals surface area contributed by atoms with Gasteiger partial charge in [-0.15, -0.1) is 0 Å². The lowest BCUT2D eigenvalue weighted by atomic mass is 10.2. The van der Waals surface area contributed by atoms with Crippen molar-refractivity contribution in [3.8, 4) is 5.75 Å². The third-order valence-electron chi connectivity index (χ3n) is 2.70. The number of nitrogens with one attached hydrogen (secondary N) is 1. The molecule has 0 saturated carbocycles. The van der Waals surface area contributed by atoms with Crippen LogP contribution in [0.5, 0.6) is 5.75 Å². The summed E-state index contributed by atoms with van der Waals surface area (Å²) in [6.07, 6.45) is -0.894. The molecule has 0 aliphatic rings. The number of para-hydroxylation sites is 1. The van der Waals surface area contributed by atoms with Crippen LogP contribution in [0.4, 0.5) is 14.5 Å². The number of amides is 1. The summed E-state index contributed by atoms with van der Waals surface area (Å²) < 4.78 is 31.6. The number of hydrogen-bond donors (Lipinski definition) is 1. The van der Waals surface area contributed by atoms with Crippen molar-refractivity contribution in [2.45, 2.75) is 13.0 Å². The summed E-state index contributed by atoms with van der Waals surface area (Å²) in [6.45, 7) is 1.50. The van der Waals surface area contributed by atoms with Gasteiger partial charge in [0, 0.05) is 6.07 Å². The Kier molecular flexibility index (Phi) is 4.75. The molecule has 0 radical (unpaired) electrons. The summed E-state index contributed by atoms with van der Waals surface area (Å²) in [7, 11) is 0. The Morgan fingerprint density at radius 3 is 2.62 bits per heavy atom. The van der Waals surface area contributed by atoms with E-state index >= 15 is 0 Å². The Morgan fingerprint density at radius 2 is 1.95 bits per heavy atom. The van der Waals surface area contributed by atoms with Crippen LogP contribution < -0.4 is 10.1 Å². The lowest BCUT2D eigenvalue weighted by Gasteiger charge is -2.15. The normalized spacial score (nSPS) is 11.8. The standard InChI is InChI=1S/C15H12ClF2NO2/c1-9(21-14-5-3-2-4-11(14)16)15(20)19-13-7-6-10(17)8-12(13)18/h2-9H,1H3,(H,19,20)/t9-/m0/s1. The molecule has 21 heavy (non-hydrogen) atoms. The maximum absolute atomic E-state index is 13.4. The molecular formula is C15H12ClF2NO2. The Hall–Kier alpha value is -2.14. The molecule has 0 fully saturated rings. The van der Waals surface area contributed by atoms with Gasteiger partial charge in [0.05, 0.1) is 10.7 Å². The van der Waals surface area contributed by atoms with Crippen molar-refractivity contribution in [2.24, 2.45) is 0 Å². The van der Waals surface area contributed by atoms with E-state index in [2.05, 4.69) is 5.32 Å². The highest BCUT2D eigenvalue weighted by Gasteiger charge is 2.17. The van der Waals surface area contributed by atoms with E-state index in [0.29, 0.717) is 16.8 Å². The van der Waals surface area contributed by atoms with Gasteiger partial charge >= 0.3 is 0 Å². The number of ether oxygens (including phenoxy) is 1. The second-order valence-electron chi connectivity index (χ2n) is 4.30. The van der Waals surface area contributed by atoms with Crippen LogP contribution in [0, 0.1) is 11.6 Å². The highest BCUT2D eigenvalue weighted by Crippen LogP contribution is 2.24. The molecule has 2 aromatic carbocycles. The lowest BCUT2D eigenvalue weighted by Crippen LogP contribution is -2.30. The van der Waals surface area contributed by atoms with Crippen molar-refractivity contribution in [1.82, 2.24) is 0 Å². The molecule has 2 aromatic rings. The number of benzene rings is 2. The smallest absolute Gasteiger partial charge is 0.265 e. The van der Waals surface area contributed by atoms with Gasteiger partial charge in [-0.1, -0.05) is 23.7 Å². The number of hydrogen-bond acceptors (Lipinski definition) is 2. The Morgan fingerprint density at radius 1 is 1.24 bits per heavy atom. The summed E-state index contributed by atoms with van der Waals surface area (Å²) in [5.41, 5.74) is -0.115. The van der Waals surface area contributed by atoms with Crippen LogP contribution in [0.1, 0.15) is 6.92 Å². The average Bonchev–Trinajstić information content (AvgIpc) is 2.44. The molecule has 110 valence electrons. The van der Waals surface area contributed by atoms with Gasteiger partial charge in [-0.3, -0.25) is 4.79 Å². The number of carbonyl (C=O) groups is 1. The van der Waals surface area contributed by atoms with Crippen molar-refractivity contribution in [3.05, 3.63) is 59.1 Å². The van der Waals surface area contributed by atoms with Crippen LogP contribution in [-0.4, -0.2) is 12.0 Å². The zero-order valence-corrected chi connectivity index (χ0v) is 11.8. The summed E-state index contributed by atoms with van der Waals surface area (Å²) in [6, 6.07) is 9.57. The quantitative estimate of drug-likeness (QED) is 0.926. The van der Waals surface area contributed by atoms with E-state index in [1.807, 2.05) is 0 Å². The third kappa shape index (κ3) is 3.92. The fraction of sp³-hybridized carbons (Fsp3) is 0.133. The Bertz CT molecular complexity index is 664. The second kappa shape index (κ2) is 6.54. The van der Waals surface area contributed by atoms with Crippen LogP contribution in [0.2, 0.25) is 5.02 Å². The third-order valence-corrected chi connectivity index (χ3v) is 3.01. The van der Waals surface area contributed by atoms with E-state index in [4.69, 9.17) is 16.3 Å². The largest absolute Gasteiger partial charge is 0.479 e. The van der Waals surface area contributed by atoms with Crippen LogP contribution in [-0.2, 0) is 4.79 Å². The zero-order valence-electron chi connectivity index (χ0n) is 11.1. The topological polar surface area (TPSA) is 38.3 Å². The predicted molar refractivity (Wildman–Crippen MR) is 76.5 cm³/mol. The Labute approximate surface area is 125 Å². The first-order valence-corrected chi connectivity index (χ1v) is 6.52. The minimum Gasteiger partial charge on any atom is -0.479 e. The molecule has 0 unspecified atom stereocenters. The van der Waals surface area contributed by atoms with E-state index in [9.17, 15) is 13.6 Å². The molecule has 0 heterocycles. The number of carbonyl (C=O) groups excluding carboxylic acids is 1. The van der Waals surface area contributed by atoms with Gasteiger partial charge in [0.2, 0.25) is 0 Å². The molecule has 0 aliphatic heterocycles. The maximum atomic E-state index is 13.4. The highest BCUT2D eigenvalue weighted by atomic mass is 35.5. The van der Waals surface area contributed by atoms with Gasteiger partial charge in [0.15, 0.2) is 6.10 Å². The summed E-state index contributed by atoms with van der Waals surface area (Å²) in [5, 5.41) is 2.69. The highest BCUT2D eigenvalue weighted by molar-refractivity contribution is 6.32. The molecular weight excluding hydrogens is 300 g/mol. The van der Waals surface area contributed by atoms with Crippen molar-refractivity contribution in [1.29, 1.82) is 0 Å². The fourth-order valence-electron chi connectivity index (χ4n) is 1.61. The van der Waals surface area contributed by atoms with Gasteiger partial charge in [-0.2, -0.15) is 0 Å². The molecule has 1 amide bonds. The fourth-order valence-corrected chi connectivity index (χ4v) is 1.79. The lowest BCUT2D eigenvalue weighted by molar-refractivity contribution is -0.122. The second-order valence-corrected chi connectivity index (χ2v) is 4.71. The summed E-state index contributed by atoms with van der Waals surface area (Å²) in [4.78, 5) is 11.9. The van der Waals surface area contributed by atoms with Crippen LogP contribution in [0.25, 0.3) is 0 Å². The first-order valence-electron chi connectivity index (χ1n) is 6.14. The monoisotopic (exact) mass is 311 g/mol. The van der Waals surface area contributed by atoms with E-state index in [1.165, 1.54) is 6.92 Å². The van der Waals surface area contributed by atoms with Gasteiger partial charge in [-0.25, -0.2) is 8.78 Å². The molecule has 6 heteroatoms. The molecule has 0 spiro atoms. The minimum atomic E-state index is -0.894. The van der Waals surface area contributed by atoms with Gasteiger partial charge < -0.3 is 10.1 Å². The predicted octanol–water partition coefficient (Wildman–Crippen LogP) is 4.02. The van der Waals surface area contributed by atoms with E-state index in [0.717, 1.165) is 12.1 Å². The molecule has 0 aliphatic carbocycles. The molecule has 2 rings (SSSR count). The van der Waals surface area contributed by atoms with Gasteiger partial charge in [0.25, 0.3) is 5.91 Å².